The van der Waals surface area contributed by atoms with Crippen LogP contribution in [0.2, 0.25) is 0 Å². The molecule has 0 spiro atoms. The van der Waals surface area contributed by atoms with Crippen LogP contribution in [-0.2, 0) is 4.79 Å². The average Bonchev–Trinajstić information content (AvgIpc) is 3.07. The molecule has 0 unspecified atom stereocenters. The Bertz CT molecular complexity index is 677. The van der Waals surface area contributed by atoms with E-state index in [1.165, 1.54) is 34.6 Å². The summed E-state index contributed by atoms with van der Waals surface area (Å²) in [6.07, 6.45) is 0. The lowest BCUT2D eigenvalue weighted by Crippen LogP contribution is -2.35. The molecule has 0 aliphatic carbocycles. The number of carboxylic acids is 1. The lowest BCUT2D eigenvalue weighted by Gasteiger charge is -2.23. The largest absolute Gasteiger partial charge is 0.479 e. The number of aryl methyl sites for hydroxylation is 1. The van der Waals surface area contributed by atoms with E-state index in [0.29, 0.717) is 15.4 Å². The lowest BCUT2D eigenvalue weighted by atomic mass is 10.2. The van der Waals surface area contributed by atoms with E-state index in [4.69, 9.17) is 0 Å². The Kier molecular flexibility index (Phi) is 4.97. The first-order valence-corrected chi connectivity index (χ1v) is 8.53. The summed E-state index contributed by atoms with van der Waals surface area (Å²) in [5.74, 6) is -1.10. The summed E-state index contributed by atoms with van der Waals surface area (Å²) in [4.78, 5) is 31.1. The van der Waals surface area contributed by atoms with Gasteiger partial charge >= 0.3 is 5.97 Å². The molecule has 22 heavy (non-hydrogen) atoms. The molecule has 1 atom stereocenters. The fourth-order valence-corrected chi connectivity index (χ4v) is 3.98. The van der Waals surface area contributed by atoms with Crippen molar-refractivity contribution in [1.82, 2.24) is 9.88 Å². The van der Waals surface area contributed by atoms with Gasteiger partial charge in [0.1, 0.15) is 4.88 Å². The standard InChI is InChI=1S/C15H18N2O3S2/c1-8(2)13-16-9(3)12(22-13)14(18)17(4)11(15(19)20)10-6-5-7-21-10/h5-8,11H,1-4H3,(H,19,20)/t11-/m1/s1. The van der Waals surface area contributed by atoms with Gasteiger partial charge in [0, 0.05) is 17.8 Å². The van der Waals surface area contributed by atoms with E-state index < -0.39 is 12.0 Å². The highest BCUT2D eigenvalue weighted by Crippen LogP contribution is 2.30. The summed E-state index contributed by atoms with van der Waals surface area (Å²) in [6, 6.07) is 2.53. The Morgan fingerprint density at radius 2 is 2.05 bits per heavy atom. The zero-order valence-corrected chi connectivity index (χ0v) is 14.5. The van der Waals surface area contributed by atoms with Gasteiger partial charge in [-0.1, -0.05) is 19.9 Å². The third-order valence-corrected chi connectivity index (χ3v) is 5.63. The van der Waals surface area contributed by atoms with Crippen LogP contribution in [0.15, 0.2) is 17.5 Å². The fourth-order valence-electron chi connectivity index (χ4n) is 2.07. The molecule has 7 heteroatoms. The third-order valence-electron chi connectivity index (χ3n) is 3.26. The Hall–Kier alpha value is -1.73. The van der Waals surface area contributed by atoms with Gasteiger partial charge in [-0.25, -0.2) is 9.78 Å². The van der Waals surface area contributed by atoms with Crippen molar-refractivity contribution in [2.75, 3.05) is 7.05 Å². The number of thiophene rings is 1. The predicted octanol–water partition coefficient (Wildman–Crippen LogP) is 3.53. The van der Waals surface area contributed by atoms with Crippen LogP contribution in [0.5, 0.6) is 0 Å². The van der Waals surface area contributed by atoms with Gasteiger partial charge < -0.3 is 10.0 Å². The van der Waals surface area contributed by atoms with Crippen LogP contribution in [0.4, 0.5) is 0 Å². The lowest BCUT2D eigenvalue weighted by molar-refractivity contribution is -0.142. The van der Waals surface area contributed by atoms with Crippen LogP contribution < -0.4 is 0 Å². The molecule has 0 aromatic carbocycles. The molecule has 1 N–H and O–H groups in total. The number of hydrogen-bond donors (Lipinski definition) is 1. The molecule has 0 radical (unpaired) electrons. The van der Waals surface area contributed by atoms with Crippen LogP contribution in [-0.4, -0.2) is 33.9 Å². The number of nitrogens with zero attached hydrogens (tertiary/aromatic N) is 2. The first-order chi connectivity index (χ1) is 10.3. The van der Waals surface area contributed by atoms with Gasteiger partial charge in [0.2, 0.25) is 0 Å². The SMILES string of the molecule is Cc1nc(C(C)C)sc1C(=O)N(C)[C@@H](C(=O)O)c1cccs1. The first-order valence-electron chi connectivity index (χ1n) is 6.83. The number of carbonyl (C=O) groups is 2. The van der Waals surface area contributed by atoms with Crippen molar-refractivity contribution in [2.45, 2.75) is 32.7 Å². The number of carbonyl (C=O) groups excluding carboxylic acids is 1. The van der Waals surface area contributed by atoms with Crippen LogP contribution in [0.1, 0.15) is 51.1 Å². The normalized spacial score (nSPS) is 12.4. The van der Waals surface area contributed by atoms with Gasteiger partial charge in [-0.2, -0.15) is 0 Å². The Labute approximate surface area is 137 Å². The molecule has 0 bridgehead atoms. The van der Waals surface area contributed by atoms with Gasteiger partial charge in [-0.05, 0) is 18.4 Å². The molecule has 2 aromatic heterocycles. The highest BCUT2D eigenvalue weighted by molar-refractivity contribution is 7.14. The van der Waals surface area contributed by atoms with Crippen LogP contribution >= 0.6 is 22.7 Å². The second kappa shape index (κ2) is 6.58. The van der Waals surface area contributed by atoms with E-state index in [1.807, 2.05) is 13.8 Å². The average molecular weight is 338 g/mol. The molecule has 0 saturated carbocycles. The maximum atomic E-state index is 12.7. The summed E-state index contributed by atoms with van der Waals surface area (Å²) in [5, 5.41) is 12.2. The molecule has 0 aliphatic rings. The van der Waals surface area contributed by atoms with Gasteiger partial charge in [-0.15, -0.1) is 22.7 Å². The highest BCUT2D eigenvalue weighted by atomic mass is 32.1. The predicted molar refractivity (Wildman–Crippen MR) is 87.7 cm³/mol. The second-order valence-corrected chi connectivity index (χ2v) is 7.30. The summed E-state index contributed by atoms with van der Waals surface area (Å²) < 4.78 is 0. The van der Waals surface area contributed by atoms with Crippen LogP contribution in [0, 0.1) is 6.92 Å². The third kappa shape index (κ3) is 3.20. The van der Waals surface area contributed by atoms with Gasteiger partial charge in [0.05, 0.1) is 10.7 Å². The maximum Gasteiger partial charge on any atom is 0.331 e. The molecular weight excluding hydrogens is 320 g/mol. The number of thiazole rings is 1. The molecule has 2 rings (SSSR count). The van der Waals surface area contributed by atoms with Crippen molar-refractivity contribution < 1.29 is 14.7 Å². The van der Waals surface area contributed by atoms with Crippen molar-refractivity contribution in [1.29, 1.82) is 0 Å². The van der Waals surface area contributed by atoms with Crippen molar-refractivity contribution in [2.24, 2.45) is 0 Å². The Morgan fingerprint density at radius 1 is 1.36 bits per heavy atom. The minimum absolute atomic E-state index is 0.239. The van der Waals surface area contributed by atoms with Crippen molar-refractivity contribution in [3.05, 3.63) is 38.0 Å². The number of aliphatic carboxylic acids is 1. The molecule has 5 nitrogen and oxygen atoms in total. The Morgan fingerprint density at radius 3 is 2.50 bits per heavy atom. The summed E-state index contributed by atoms with van der Waals surface area (Å²) in [6.45, 7) is 5.81. The summed E-state index contributed by atoms with van der Waals surface area (Å²) in [5.41, 5.74) is 0.654. The number of carboxylic acid groups (broad SMARTS) is 1. The second-order valence-electron chi connectivity index (χ2n) is 5.29. The number of amides is 1. The Balaban J connectivity index is 2.33. The van der Waals surface area contributed by atoms with E-state index in [2.05, 4.69) is 4.98 Å². The topological polar surface area (TPSA) is 70.5 Å². The zero-order valence-electron chi connectivity index (χ0n) is 12.9. The zero-order chi connectivity index (χ0) is 16.4. The van der Waals surface area contributed by atoms with E-state index in [0.717, 1.165) is 5.01 Å². The van der Waals surface area contributed by atoms with Gasteiger partial charge in [-0.3, -0.25) is 4.79 Å². The van der Waals surface area contributed by atoms with E-state index in [9.17, 15) is 14.7 Å². The molecule has 2 aromatic rings. The molecule has 0 aliphatic heterocycles. The molecule has 0 saturated heterocycles. The summed E-state index contributed by atoms with van der Waals surface area (Å²) >= 11 is 2.67. The van der Waals surface area contributed by atoms with Crippen molar-refractivity contribution in [3.63, 3.8) is 0 Å². The monoisotopic (exact) mass is 338 g/mol. The van der Waals surface area contributed by atoms with Gasteiger partial charge in [0.25, 0.3) is 5.91 Å². The minimum atomic E-state index is -1.04. The maximum absolute atomic E-state index is 12.7. The molecule has 2 heterocycles. The van der Waals surface area contributed by atoms with Gasteiger partial charge in [0.15, 0.2) is 6.04 Å². The molecular formula is C15H18N2O3S2. The van der Waals surface area contributed by atoms with Crippen molar-refractivity contribution >= 4 is 34.6 Å². The number of rotatable bonds is 5. The summed E-state index contributed by atoms with van der Waals surface area (Å²) in [7, 11) is 1.52. The molecule has 0 fully saturated rings. The number of aromatic nitrogens is 1. The highest BCUT2D eigenvalue weighted by Gasteiger charge is 2.31. The smallest absolute Gasteiger partial charge is 0.331 e. The molecule has 118 valence electrons. The van der Waals surface area contributed by atoms with Crippen LogP contribution in [0.25, 0.3) is 0 Å². The quantitative estimate of drug-likeness (QED) is 0.905. The van der Waals surface area contributed by atoms with Crippen molar-refractivity contribution in [3.8, 4) is 0 Å². The van der Waals surface area contributed by atoms with E-state index in [1.54, 1.807) is 24.4 Å². The van der Waals surface area contributed by atoms with E-state index in [-0.39, 0.29) is 11.8 Å². The first kappa shape index (κ1) is 16.6. The fraction of sp³-hybridized carbons (Fsp3) is 0.400. The minimum Gasteiger partial charge on any atom is -0.479 e. The number of likely N-dealkylation sites (N-methyl/N-ethyl adjacent to an activating group) is 1. The number of hydrogen-bond acceptors (Lipinski definition) is 5. The van der Waals surface area contributed by atoms with Crippen LogP contribution in [0.3, 0.4) is 0 Å². The molecule has 1 amide bonds. The van der Waals surface area contributed by atoms with E-state index >= 15 is 0 Å².